The van der Waals surface area contributed by atoms with Gasteiger partial charge in [0.05, 0.1) is 4.92 Å². The van der Waals surface area contributed by atoms with Gasteiger partial charge in [-0.3, -0.25) is 10.1 Å². The number of para-hydroxylation sites is 1. The van der Waals surface area contributed by atoms with Crippen LogP contribution in [0.2, 0.25) is 0 Å². The van der Waals surface area contributed by atoms with Crippen LogP contribution < -0.4 is 5.32 Å². The van der Waals surface area contributed by atoms with Crippen LogP contribution in [0.1, 0.15) is 6.92 Å². The number of nitro groups is 1. The predicted molar refractivity (Wildman–Crippen MR) is 71.7 cm³/mol. The Labute approximate surface area is 104 Å². The molecule has 2 rings (SSSR count). The summed E-state index contributed by atoms with van der Waals surface area (Å²) in [7, 11) is 0. The van der Waals surface area contributed by atoms with Gasteiger partial charge in [0.15, 0.2) is 0 Å². The number of non-ortho nitro benzene ring substituents is 1. The van der Waals surface area contributed by atoms with Crippen LogP contribution in [-0.2, 0) is 0 Å². The molecule has 0 aliphatic carbocycles. The molecule has 92 valence electrons. The van der Waals surface area contributed by atoms with Crippen molar-refractivity contribution in [2.24, 2.45) is 0 Å². The van der Waals surface area contributed by atoms with Gasteiger partial charge in [0, 0.05) is 29.4 Å². The third-order valence-corrected chi connectivity index (χ3v) is 2.68. The van der Waals surface area contributed by atoms with Crippen molar-refractivity contribution < 1.29 is 4.92 Å². The van der Waals surface area contributed by atoms with Gasteiger partial charge in [0.2, 0.25) is 0 Å². The molecule has 2 aromatic rings. The van der Waals surface area contributed by atoms with E-state index < -0.39 is 4.92 Å². The molecule has 1 heterocycles. The average Bonchev–Trinajstić information content (AvgIpc) is 2.38. The number of benzene rings is 1. The van der Waals surface area contributed by atoms with Crippen LogP contribution in [0.4, 0.5) is 11.4 Å². The standard InChI is InChI=1S/C13H13N3O2/c1-3-9(2)15-11-7-8-14-13-10(11)5-4-6-12(13)16(17)18/h3-9H,1H2,2H3,(H,14,15). The van der Waals surface area contributed by atoms with Gasteiger partial charge in [-0.15, -0.1) is 6.58 Å². The quantitative estimate of drug-likeness (QED) is 0.509. The van der Waals surface area contributed by atoms with Crippen molar-refractivity contribution >= 4 is 22.3 Å². The van der Waals surface area contributed by atoms with Gasteiger partial charge in [0.1, 0.15) is 5.52 Å². The Morgan fingerprint density at radius 3 is 2.94 bits per heavy atom. The lowest BCUT2D eigenvalue weighted by molar-refractivity contribution is -0.383. The fraction of sp³-hybridized carbons (Fsp3) is 0.154. The number of anilines is 1. The summed E-state index contributed by atoms with van der Waals surface area (Å²) in [6, 6.07) is 6.80. The van der Waals surface area contributed by atoms with E-state index in [-0.39, 0.29) is 11.7 Å². The van der Waals surface area contributed by atoms with Gasteiger partial charge in [0.25, 0.3) is 5.69 Å². The Bertz CT molecular complexity index is 610. The highest BCUT2D eigenvalue weighted by atomic mass is 16.6. The number of hydrogen-bond donors (Lipinski definition) is 1. The van der Waals surface area contributed by atoms with Crippen LogP contribution in [-0.4, -0.2) is 15.9 Å². The van der Waals surface area contributed by atoms with Crippen LogP contribution >= 0.6 is 0 Å². The van der Waals surface area contributed by atoms with E-state index >= 15 is 0 Å². The van der Waals surface area contributed by atoms with Crippen LogP contribution in [0.15, 0.2) is 43.1 Å². The fourth-order valence-corrected chi connectivity index (χ4v) is 1.74. The lowest BCUT2D eigenvalue weighted by Gasteiger charge is -2.12. The number of hydrogen-bond acceptors (Lipinski definition) is 4. The first-order valence-corrected chi connectivity index (χ1v) is 5.54. The van der Waals surface area contributed by atoms with Crippen LogP contribution in [0.3, 0.4) is 0 Å². The predicted octanol–water partition coefficient (Wildman–Crippen LogP) is 3.13. The van der Waals surface area contributed by atoms with Crippen molar-refractivity contribution in [1.29, 1.82) is 0 Å². The molecule has 0 amide bonds. The minimum Gasteiger partial charge on any atom is -0.379 e. The number of fused-ring (bicyclic) bond motifs is 1. The second-order valence-electron chi connectivity index (χ2n) is 3.96. The number of nitro benzene ring substituents is 1. The second-order valence-corrected chi connectivity index (χ2v) is 3.96. The summed E-state index contributed by atoms with van der Waals surface area (Å²) in [4.78, 5) is 14.6. The maximum Gasteiger partial charge on any atom is 0.295 e. The molecule has 0 spiro atoms. The largest absolute Gasteiger partial charge is 0.379 e. The molecule has 1 unspecified atom stereocenters. The fourth-order valence-electron chi connectivity index (χ4n) is 1.74. The molecule has 1 aromatic heterocycles. The van der Waals surface area contributed by atoms with E-state index in [1.165, 1.54) is 6.07 Å². The van der Waals surface area contributed by atoms with E-state index in [2.05, 4.69) is 16.9 Å². The molecule has 1 N–H and O–H groups in total. The molecular weight excluding hydrogens is 230 g/mol. The van der Waals surface area contributed by atoms with Gasteiger partial charge in [-0.2, -0.15) is 0 Å². The van der Waals surface area contributed by atoms with E-state index in [1.807, 2.05) is 13.0 Å². The SMILES string of the molecule is C=CC(C)Nc1ccnc2c([N+](=O)[O-])cccc12. The van der Waals surface area contributed by atoms with Gasteiger partial charge in [-0.05, 0) is 13.0 Å². The van der Waals surface area contributed by atoms with Crippen molar-refractivity contribution in [1.82, 2.24) is 4.98 Å². The third-order valence-electron chi connectivity index (χ3n) is 2.68. The first-order chi connectivity index (χ1) is 8.63. The zero-order valence-electron chi connectivity index (χ0n) is 9.96. The molecule has 1 aromatic carbocycles. The van der Waals surface area contributed by atoms with Crippen molar-refractivity contribution in [2.75, 3.05) is 5.32 Å². The third kappa shape index (κ3) is 2.15. The average molecular weight is 243 g/mol. The monoisotopic (exact) mass is 243 g/mol. The molecule has 0 aliphatic heterocycles. The Morgan fingerprint density at radius 1 is 1.50 bits per heavy atom. The lowest BCUT2D eigenvalue weighted by Crippen LogP contribution is -2.11. The van der Waals surface area contributed by atoms with E-state index in [0.717, 1.165) is 11.1 Å². The molecule has 0 radical (unpaired) electrons. The van der Waals surface area contributed by atoms with Crippen molar-refractivity contribution in [3.63, 3.8) is 0 Å². The molecule has 0 aliphatic rings. The molecule has 0 saturated heterocycles. The van der Waals surface area contributed by atoms with Crippen LogP contribution in [0, 0.1) is 10.1 Å². The van der Waals surface area contributed by atoms with Crippen molar-refractivity contribution in [3.05, 3.63) is 53.2 Å². The van der Waals surface area contributed by atoms with E-state index in [4.69, 9.17) is 0 Å². The number of pyridine rings is 1. The zero-order valence-corrected chi connectivity index (χ0v) is 9.96. The summed E-state index contributed by atoms with van der Waals surface area (Å²) in [5.74, 6) is 0. The Balaban J connectivity index is 2.60. The summed E-state index contributed by atoms with van der Waals surface area (Å²) in [6.45, 7) is 5.65. The molecule has 18 heavy (non-hydrogen) atoms. The Hall–Kier alpha value is -2.43. The Kier molecular flexibility index (Phi) is 3.23. The van der Waals surface area contributed by atoms with E-state index in [0.29, 0.717) is 5.52 Å². The van der Waals surface area contributed by atoms with Crippen LogP contribution in [0.5, 0.6) is 0 Å². The summed E-state index contributed by atoms with van der Waals surface area (Å²) in [6.07, 6.45) is 3.33. The summed E-state index contributed by atoms with van der Waals surface area (Å²) in [5.41, 5.74) is 1.22. The summed E-state index contributed by atoms with van der Waals surface area (Å²) in [5, 5.41) is 14.9. The van der Waals surface area contributed by atoms with Crippen molar-refractivity contribution in [2.45, 2.75) is 13.0 Å². The van der Waals surface area contributed by atoms with Crippen molar-refractivity contribution in [3.8, 4) is 0 Å². The normalized spacial score (nSPS) is 12.1. The maximum absolute atomic E-state index is 10.9. The van der Waals surface area contributed by atoms with Gasteiger partial charge < -0.3 is 5.32 Å². The van der Waals surface area contributed by atoms with E-state index in [1.54, 1.807) is 24.4 Å². The molecule has 0 bridgehead atoms. The minimum atomic E-state index is -0.421. The maximum atomic E-state index is 10.9. The Morgan fingerprint density at radius 2 is 2.28 bits per heavy atom. The molecular formula is C13H13N3O2. The minimum absolute atomic E-state index is 0.0161. The van der Waals surface area contributed by atoms with Gasteiger partial charge in [-0.25, -0.2) is 4.98 Å². The molecule has 1 atom stereocenters. The number of aromatic nitrogens is 1. The van der Waals surface area contributed by atoms with Gasteiger partial charge in [-0.1, -0.05) is 18.2 Å². The molecule has 5 nitrogen and oxygen atoms in total. The highest BCUT2D eigenvalue weighted by Gasteiger charge is 2.14. The number of nitrogens with one attached hydrogen (secondary N) is 1. The number of nitrogens with zero attached hydrogens (tertiary/aromatic N) is 2. The van der Waals surface area contributed by atoms with E-state index in [9.17, 15) is 10.1 Å². The highest BCUT2D eigenvalue weighted by Crippen LogP contribution is 2.28. The van der Waals surface area contributed by atoms with Crippen LogP contribution in [0.25, 0.3) is 10.9 Å². The lowest BCUT2D eigenvalue weighted by atomic mass is 10.1. The molecule has 0 fully saturated rings. The summed E-state index contributed by atoms with van der Waals surface area (Å²) < 4.78 is 0. The highest BCUT2D eigenvalue weighted by molar-refractivity contribution is 5.96. The first-order valence-electron chi connectivity index (χ1n) is 5.54. The second kappa shape index (κ2) is 4.83. The smallest absolute Gasteiger partial charge is 0.295 e. The topological polar surface area (TPSA) is 68.1 Å². The molecule has 0 saturated carbocycles. The first kappa shape index (κ1) is 12.0. The number of rotatable bonds is 4. The van der Waals surface area contributed by atoms with Gasteiger partial charge >= 0.3 is 0 Å². The zero-order chi connectivity index (χ0) is 13.1. The molecule has 5 heteroatoms. The summed E-state index contributed by atoms with van der Waals surface area (Å²) >= 11 is 0.